The predicted molar refractivity (Wildman–Crippen MR) is 78.4 cm³/mol. The third-order valence-electron chi connectivity index (χ3n) is 3.82. The van der Waals surface area contributed by atoms with Crippen molar-refractivity contribution >= 4 is 15.7 Å². The van der Waals surface area contributed by atoms with Gasteiger partial charge in [0.1, 0.15) is 5.54 Å². The minimum Gasteiger partial charge on any atom is -0.334 e. The molecule has 0 spiro atoms. The van der Waals surface area contributed by atoms with Gasteiger partial charge in [-0.15, -0.1) is 0 Å². The van der Waals surface area contributed by atoms with Gasteiger partial charge >= 0.3 is 0 Å². The highest BCUT2D eigenvalue weighted by atomic mass is 32.2. The van der Waals surface area contributed by atoms with Crippen LogP contribution in [0.4, 0.5) is 0 Å². The van der Waals surface area contributed by atoms with Gasteiger partial charge in [0, 0.05) is 11.8 Å². The molecule has 0 heterocycles. The summed E-state index contributed by atoms with van der Waals surface area (Å²) in [5.41, 5.74) is -0.423. The molecule has 5 nitrogen and oxygen atoms in total. The number of carbonyl (C=O) groups excluding carboxylic acids is 1. The average molecular weight is 306 g/mol. The van der Waals surface area contributed by atoms with E-state index in [0.29, 0.717) is 18.4 Å². The highest BCUT2D eigenvalue weighted by Crippen LogP contribution is 2.28. The zero-order chi connectivity index (χ0) is 15.5. The Bertz CT molecular complexity index is 666. The van der Waals surface area contributed by atoms with Crippen LogP contribution in [0.15, 0.2) is 29.2 Å². The van der Waals surface area contributed by atoms with Crippen molar-refractivity contribution in [1.82, 2.24) is 5.32 Å². The van der Waals surface area contributed by atoms with E-state index in [2.05, 4.69) is 11.4 Å². The van der Waals surface area contributed by atoms with E-state index in [4.69, 9.17) is 0 Å². The minimum atomic E-state index is -3.27. The van der Waals surface area contributed by atoms with Crippen molar-refractivity contribution in [3.05, 3.63) is 29.8 Å². The number of sulfone groups is 1. The van der Waals surface area contributed by atoms with E-state index in [1.807, 2.05) is 0 Å². The molecule has 0 aromatic heterocycles. The standard InChI is InChI=1S/C15H18N2O3S/c1-21(19,20)13-7-5-12(6-8-13)14(18)17-15(11-16)9-3-2-4-10-15/h5-8H,2-4,9-10H2,1H3,(H,17,18). The molecule has 112 valence electrons. The molecule has 1 aromatic rings. The summed E-state index contributed by atoms with van der Waals surface area (Å²) in [5.74, 6) is -0.335. The second-order valence-electron chi connectivity index (χ2n) is 5.51. The highest BCUT2D eigenvalue weighted by Gasteiger charge is 2.33. The molecule has 1 aromatic carbocycles. The Kier molecular flexibility index (Phi) is 4.33. The monoisotopic (exact) mass is 306 g/mol. The molecule has 2 rings (SSSR count). The summed E-state index contributed by atoms with van der Waals surface area (Å²) in [4.78, 5) is 12.4. The lowest BCUT2D eigenvalue weighted by Gasteiger charge is -2.31. The number of hydrogen-bond acceptors (Lipinski definition) is 4. The van der Waals surface area contributed by atoms with Crippen molar-refractivity contribution in [3.63, 3.8) is 0 Å². The zero-order valence-electron chi connectivity index (χ0n) is 11.9. The van der Waals surface area contributed by atoms with Gasteiger partial charge in [0.25, 0.3) is 5.91 Å². The van der Waals surface area contributed by atoms with Gasteiger partial charge in [0.05, 0.1) is 11.0 Å². The van der Waals surface area contributed by atoms with Crippen LogP contribution in [0, 0.1) is 11.3 Å². The summed E-state index contributed by atoms with van der Waals surface area (Å²) in [7, 11) is -3.27. The Morgan fingerprint density at radius 1 is 1.19 bits per heavy atom. The molecule has 1 fully saturated rings. The van der Waals surface area contributed by atoms with E-state index >= 15 is 0 Å². The third-order valence-corrected chi connectivity index (χ3v) is 4.95. The summed E-state index contributed by atoms with van der Waals surface area (Å²) in [6.07, 6.45) is 5.40. The lowest BCUT2D eigenvalue weighted by Crippen LogP contribution is -2.48. The fraction of sp³-hybridized carbons (Fsp3) is 0.467. The molecule has 0 atom stereocenters. The van der Waals surface area contributed by atoms with Crippen LogP contribution in [0.5, 0.6) is 0 Å². The number of amides is 1. The smallest absolute Gasteiger partial charge is 0.252 e. The van der Waals surface area contributed by atoms with E-state index < -0.39 is 15.4 Å². The van der Waals surface area contributed by atoms with E-state index in [0.717, 1.165) is 25.5 Å². The number of hydrogen-bond donors (Lipinski definition) is 1. The van der Waals surface area contributed by atoms with Crippen LogP contribution in [-0.2, 0) is 9.84 Å². The van der Waals surface area contributed by atoms with E-state index in [1.165, 1.54) is 24.3 Å². The maximum atomic E-state index is 12.2. The molecular formula is C15H18N2O3S. The number of nitrogens with one attached hydrogen (secondary N) is 1. The van der Waals surface area contributed by atoms with Crippen LogP contribution in [0.2, 0.25) is 0 Å². The topological polar surface area (TPSA) is 87.0 Å². The van der Waals surface area contributed by atoms with Crippen LogP contribution in [-0.4, -0.2) is 26.1 Å². The summed E-state index contributed by atoms with van der Waals surface area (Å²) >= 11 is 0. The molecule has 6 heteroatoms. The second-order valence-corrected chi connectivity index (χ2v) is 7.52. The van der Waals surface area contributed by atoms with Gasteiger partial charge in [-0.3, -0.25) is 4.79 Å². The predicted octanol–water partition coefficient (Wildman–Crippen LogP) is 2.05. The number of nitrogens with zero attached hydrogens (tertiary/aromatic N) is 1. The molecule has 1 aliphatic carbocycles. The van der Waals surface area contributed by atoms with Gasteiger partial charge in [-0.25, -0.2) is 8.42 Å². The molecule has 1 N–H and O–H groups in total. The van der Waals surface area contributed by atoms with Gasteiger partial charge in [0.2, 0.25) is 0 Å². The number of nitriles is 1. The van der Waals surface area contributed by atoms with Crippen molar-refractivity contribution < 1.29 is 13.2 Å². The van der Waals surface area contributed by atoms with Gasteiger partial charge in [-0.05, 0) is 37.1 Å². The SMILES string of the molecule is CS(=O)(=O)c1ccc(C(=O)NC2(C#N)CCCCC2)cc1. The quantitative estimate of drug-likeness (QED) is 0.925. The second kappa shape index (κ2) is 5.86. The normalized spacial score (nSPS) is 17.7. The molecule has 0 saturated heterocycles. The van der Waals surface area contributed by atoms with Crippen molar-refractivity contribution in [2.75, 3.05) is 6.26 Å². The Hall–Kier alpha value is -1.87. The first-order valence-corrected chi connectivity index (χ1v) is 8.79. The largest absolute Gasteiger partial charge is 0.334 e. The number of carbonyl (C=O) groups is 1. The molecular weight excluding hydrogens is 288 g/mol. The number of rotatable bonds is 3. The zero-order valence-corrected chi connectivity index (χ0v) is 12.7. The molecule has 1 amide bonds. The van der Waals surface area contributed by atoms with Gasteiger partial charge < -0.3 is 5.32 Å². The molecule has 0 aliphatic heterocycles. The van der Waals surface area contributed by atoms with Gasteiger partial charge in [-0.2, -0.15) is 5.26 Å². The minimum absolute atomic E-state index is 0.173. The fourth-order valence-electron chi connectivity index (χ4n) is 2.56. The van der Waals surface area contributed by atoms with Gasteiger partial charge in [-0.1, -0.05) is 19.3 Å². The maximum Gasteiger partial charge on any atom is 0.252 e. The first-order valence-electron chi connectivity index (χ1n) is 6.90. The maximum absolute atomic E-state index is 12.2. The summed E-state index contributed by atoms with van der Waals surface area (Å²) < 4.78 is 22.8. The van der Waals surface area contributed by atoms with Crippen LogP contribution in [0.25, 0.3) is 0 Å². The van der Waals surface area contributed by atoms with Crippen LogP contribution in [0.1, 0.15) is 42.5 Å². The molecule has 21 heavy (non-hydrogen) atoms. The van der Waals surface area contributed by atoms with E-state index in [9.17, 15) is 18.5 Å². The Morgan fingerprint density at radius 3 is 2.24 bits per heavy atom. The first-order chi connectivity index (χ1) is 9.86. The molecule has 1 aliphatic rings. The van der Waals surface area contributed by atoms with Gasteiger partial charge in [0.15, 0.2) is 9.84 Å². The summed E-state index contributed by atoms with van der Waals surface area (Å²) in [6.45, 7) is 0. The van der Waals surface area contributed by atoms with E-state index in [-0.39, 0.29) is 10.8 Å². The van der Waals surface area contributed by atoms with Crippen LogP contribution < -0.4 is 5.32 Å². The summed E-state index contributed by atoms with van der Waals surface area (Å²) in [5, 5.41) is 12.2. The Morgan fingerprint density at radius 2 is 1.76 bits per heavy atom. The molecule has 0 radical (unpaired) electrons. The van der Waals surface area contributed by atoms with Crippen LogP contribution in [0.3, 0.4) is 0 Å². The molecule has 0 bridgehead atoms. The lowest BCUT2D eigenvalue weighted by atomic mass is 9.82. The van der Waals surface area contributed by atoms with E-state index in [1.54, 1.807) is 0 Å². The molecule has 0 unspecified atom stereocenters. The summed E-state index contributed by atoms with van der Waals surface area (Å²) in [6, 6.07) is 7.98. The van der Waals surface area contributed by atoms with Crippen molar-refractivity contribution in [2.24, 2.45) is 0 Å². The average Bonchev–Trinajstić information content (AvgIpc) is 2.47. The van der Waals surface area contributed by atoms with Crippen molar-refractivity contribution in [1.29, 1.82) is 5.26 Å². The highest BCUT2D eigenvalue weighted by molar-refractivity contribution is 7.90. The Balaban J connectivity index is 2.15. The first kappa shape index (κ1) is 15.5. The Labute approximate surface area is 124 Å². The van der Waals surface area contributed by atoms with Crippen molar-refractivity contribution in [2.45, 2.75) is 42.5 Å². The van der Waals surface area contributed by atoms with Crippen LogP contribution >= 0.6 is 0 Å². The fourth-order valence-corrected chi connectivity index (χ4v) is 3.19. The molecule has 1 saturated carbocycles. The number of benzene rings is 1. The van der Waals surface area contributed by atoms with Crippen molar-refractivity contribution in [3.8, 4) is 6.07 Å². The third kappa shape index (κ3) is 3.61. The lowest BCUT2D eigenvalue weighted by molar-refractivity contribution is 0.0902.